The van der Waals surface area contributed by atoms with E-state index in [2.05, 4.69) is 38.3 Å². The minimum absolute atomic E-state index is 0. The quantitative estimate of drug-likeness (QED) is 0.480. The van der Waals surface area contributed by atoms with Crippen molar-refractivity contribution in [2.24, 2.45) is 0 Å². The molecule has 0 atom stereocenters. The first-order chi connectivity index (χ1) is 12.7. The van der Waals surface area contributed by atoms with E-state index in [0.717, 1.165) is 36.2 Å². The molecule has 2 aromatic carbocycles. The molecule has 2 aromatic rings. The van der Waals surface area contributed by atoms with Crippen molar-refractivity contribution < 1.29 is 4.74 Å². The van der Waals surface area contributed by atoms with Gasteiger partial charge in [0.05, 0.1) is 11.2 Å². The Morgan fingerprint density at radius 1 is 0.679 bits per heavy atom. The fraction of sp³-hybridized carbons (Fsp3) is 0.455. The van der Waals surface area contributed by atoms with Gasteiger partial charge in [0.15, 0.2) is 0 Å². The number of hydrogen-bond acceptors (Lipinski definition) is 3. The van der Waals surface area contributed by atoms with Gasteiger partial charge in [0.2, 0.25) is 0 Å². The van der Waals surface area contributed by atoms with Gasteiger partial charge in [0.25, 0.3) is 0 Å². The molecule has 0 spiro atoms. The molecule has 2 rings (SSSR count). The highest BCUT2D eigenvalue weighted by molar-refractivity contribution is 6.30. The summed E-state index contributed by atoms with van der Waals surface area (Å²) in [5, 5.41) is 8.46. The second kappa shape index (κ2) is 11.4. The van der Waals surface area contributed by atoms with Crippen molar-refractivity contribution in [3.05, 3.63) is 69.7 Å². The minimum Gasteiger partial charge on any atom is -0.367 e. The van der Waals surface area contributed by atoms with Crippen molar-refractivity contribution in [3.8, 4) is 0 Å². The smallest absolute Gasteiger partial charge is 0.0758 e. The van der Waals surface area contributed by atoms with Crippen LogP contribution in [0.5, 0.6) is 0 Å². The highest BCUT2D eigenvalue weighted by Gasteiger charge is 2.28. The fourth-order valence-corrected chi connectivity index (χ4v) is 3.29. The molecule has 0 amide bonds. The summed E-state index contributed by atoms with van der Waals surface area (Å²) in [6.07, 6.45) is 0. The van der Waals surface area contributed by atoms with Crippen LogP contribution in [0.15, 0.2) is 48.5 Å². The van der Waals surface area contributed by atoms with E-state index in [9.17, 15) is 0 Å². The molecule has 0 saturated carbocycles. The monoisotopic (exact) mass is 444 g/mol. The van der Waals surface area contributed by atoms with E-state index in [1.54, 1.807) is 0 Å². The summed E-state index contributed by atoms with van der Waals surface area (Å²) in [7, 11) is 0. The van der Waals surface area contributed by atoms with E-state index in [1.807, 2.05) is 48.5 Å². The number of hydrogen-bond donors (Lipinski definition) is 2. The summed E-state index contributed by atoms with van der Waals surface area (Å²) < 4.78 is 6.37. The van der Waals surface area contributed by atoms with E-state index in [-0.39, 0.29) is 23.6 Å². The molecule has 6 heteroatoms. The standard InChI is InChI=1S/C22H30Cl2N2O.ClH/c1-21(2,15-25-13-17-5-9-19(23)10-6-17)27-22(3,4)16-26-14-18-7-11-20(24)12-8-18;/h5-12,25-26H,13-16H2,1-4H3;1H. The van der Waals surface area contributed by atoms with Gasteiger partial charge in [-0.15, -0.1) is 12.4 Å². The number of nitrogens with one attached hydrogen (secondary N) is 2. The number of benzene rings is 2. The van der Waals surface area contributed by atoms with Gasteiger partial charge in [-0.2, -0.15) is 0 Å². The SMILES string of the molecule is CC(C)(CNCc1ccc(Cl)cc1)OC(C)(C)CNCc1ccc(Cl)cc1.Cl. The molecule has 0 saturated heterocycles. The van der Waals surface area contributed by atoms with Crippen molar-refractivity contribution in [2.75, 3.05) is 13.1 Å². The van der Waals surface area contributed by atoms with Crippen LogP contribution in [-0.4, -0.2) is 24.3 Å². The molecule has 0 unspecified atom stereocenters. The third kappa shape index (κ3) is 9.60. The normalized spacial score (nSPS) is 11.9. The predicted molar refractivity (Wildman–Crippen MR) is 123 cm³/mol. The van der Waals surface area contributed by atoms with Crippen LogP contribution < -0.4 is 10.6 Å². The second-order valence-corrected chi connectivity index (χ2v) is 8.95. The molecule has 2 N–H and O–H groups in total. The van der Waals surface area contributed by atoms with E-state index in [1.165, 1.54) is 11.1 Å². The van der Waals surface area contributed by atoms with Gasteiger partial charge in [-0.3, -0.25) is 0 Å². The molecule has 0 bridgehead atoms. The van der Waals surface area contributed by atoms with Gasteiger partial charge >= 0.3 is 0 Å². The Hall–Kier alpha value is -0.810. The molecule has 0 radical (unpaired) electrons. The predicted octanol–water partition coefficient (Wildman–Crippen LogP) is 5.87. The Morgan fingerprint density at radius 3 is 1.32 bits per heavy atom. The van der Waals surface area contributed by atoms with Crippen LogP contribution in [-0.2, 0) is 17.8 Å². The lowest BCUT2D eigenvalue weighted by Gasteiger charge is -2.36. The van der Waals surface area contributed by atoms with Crippen molar-refractivity contribution in [3.63, 3.8) is 0 Å². The number of ether oxygens (including phenoxy) is 1. The van der Waals surface area contributed by atoms with Crippen LogP contribution >= 0.6 is 35.6 Å². The molecular formula is C22H31Cl3N2O. The lowest BCUT2D eigenvalue weighted by atomic mass is 10.0. The van der Waals surface area contributed by atoms with E-state index < -0.39 is 0 Å². The lowest BCUT2D eigenvalue weighted by Crippen LogP contribution is -2.48. The topological polar surface area (TPSA) is 33.3 Å². The average Bonchev–Trinajstić information content (AvgIpc) is 2.57. The minimum atomic E-state index is -0.280. The number of rotatable bonds is 10. The average molecular weight is 446 g/mol. The van der Waals surface area contributed by atoms with Gasteiger partial charge in [-0.1, -0.05) is 47.5 Å². The third-order valence-electron chi connectivity index (χ3n) is 4.14. The van der Waals surface area contributed by atoms with Crippen LogP contribution in [0.2, 0.25) is 10.0 Å². The Labute approximate surface area is 185 Å². The first-order valence-electron chi connectivity index (χ1n) is 9.26. The summed E-state index contributed by atoms with van der Waals surface area (Å²) in [6, 6.07) is 15.8. The first-order valence-corrected chi connectivity index (χ1v) is 10.0. The van der Waals surface area contributed by atoms with Gasteiger partial charge in [-0.25, -0.2) is 0 Å². The zero-order chi connectivity index (χ0) is 19.9. The lowest BCUT2D eigenvalue weighted by molar-refractivity contribution is -0.118. The van der Waals surface area contributed by atoms with Gasteiger partial charge in [0.1, 0.15) is 0 Å². The van der Waals surface area contributed by atoms with Crippen LogP contribution in [0.1, 0.15) is 38.8 Å². The fourth-order valence-electron chi connectivity index (χ4n) is 3.04. The van der Waals surface area contributed by atoms with Crippen molar-refractivity contribution in [1.29, 1.82) is 0 Å². The zero-order valence-corrected chi connectivity index (χ0v) is 19.3. The molecule has 0 aliphatic rings. The molecule has 0 fully saturated rings. The maximum atomic E-state index is 6.37. The number of halogens is 3. The Morgan fingerprint density at radius 2 is 1.00 bits per heavy atom. The van der Waals surface area contributed by atoms with Crippen LogP contribution in [0.3, 0.4) is 0 Å². The summed E-state index contributed by atoms with van der Waals surface area (Å²) in [5.74, 6) is 0. The molecule has 0 aliphatic carbocycles. The molecule has 0 aromatic heterocycles. The highest BCUT2D eigenvalue weighted by Crippen LogP contribution is 2.20. The first kappa shape index (κ1) is 25.2. The van der Waals surface area contributed by atoms with Gasteiger partial charge in [0, 0.05) is 36.2 Å². The Kier molecular flexibility index (Phi) is 10.3. The largest absolute Gasteiger partial charge is 0.367 e. The summed E-state index contributed by atoms with van der Waals surface area (Å²) in [5.41, 5.74) is 1.86. The van der Waals surface area contributed by atoms with Crippen LogP contribution in [0.4, 0.5) is 0 Å². The molecule has 0 aliphatic heterocycles. The van der Waals surface area contributed by atoms with Crippen molar-refractivity contribution in [2.45, 2.75) is 52.0 Å². The van der Waals surface area contributed by atoms with Crippen LogP contribution in [0, 0.1) is 0 Å². The molecule has 28 heavy (non-hydrogen) atoms. The second-order valence-electron chi connectivity index (χ2n) is 8.08. The van der Waals surface area contributed by atoms with Crippen molar-refractivity contribution >= 4 is 35.6 Å². The highest BCUT2D eigenvalue weighted by atomic mass is 35.5. The molecule has 156 valence electrons. The molecule has 3 nitrogen and oxygen atoms in total. The zero-order valence-electron chi connectivity index (χ0n) is 17.0. The van der Waals surface area contributed by atoms with E-state index in [0.29, 0.717) is 0 Å². The summed E-state index contributed by atoms with van der Waals surface area (Å²) in [4.78, 5) is 0. The van der Waals surface area contributed by atoms with Crippen LogP contribution in [0.25, 0.3) is 0 Å². The summed E-state index contributed by atoms with van der Waals surface area (Å²) >= 11 is 11.9. The van der Waals surface area contributed by atoms with Gasteiger partial charge in [-0.05, 0) is 63.1 Å². The van der Waals surface area contributed by atoms with E-state index >= 15 is 0 Å². The maximum absolute atomic E-state index is 6.37. The molecule has 0 heterocycles. The third-order valence-corrected chi connectivity index (χ3v) is 4.64. The molecular weight excluding hydrogens is 415 g/mol. The van der Waals surface area contributed by atoms with Gasteiger partial charge < -0.3 is 15.4 Å². The summed E-state index contributed by atoms with van der Waals surface area (Å²) in [6.45, 7) is 11.6. The Balaban J connectivity index is 0.00000392. The Bertz CT molecular complexity index is 639. The van der Waals surface area contributed by atoms with E-state index in [4.69, 9.17) is 27.9 Å². The maximum Gasteiger partial charge on any atom is 0.0758 e. The van der Waals surface area contributed by atoms with Crippen molar-refractivity contribution in [1.82, 2.24) is 10.6 Å².